The Morgan fingerprint density at radius 2 is 1.53 bits per heavy atom. The average molecular weight is 209 g/mol. The first-order valence-corrected chi connectivity index (χ1v) is 5.74. The Bertz CT molecular complexity index is 303. The van der Waals surface area contributed by atoms with Crippen LogP contribution in [-0.4, -0.2) is 4.98 Å². The number of nitrogens with zero attached hydrogens (tertiary/aromatic N) is 1. The fraction of sp³-hybridized carbons (Fsp3) is 0.769. The lowest BCUT2D eigenvalue weighted by atomic mass is 9.97. The molecule has 2 heteroatoms. The maximum absolute atomic E-state index is 5.89. The summed E-state index contributed by atoms with van der Waals surface area (Å²) < 4.78 is 5.89. The molecule has 0 amide bonds. The van der Waals surface area contributed by atoms with Crippen LogP contribution in [0.1, 0.15) is 77.6 Å². The minimum absolute atomic E-state index is 0.00319. The lowest BCUT2D eigenvalue weighted by molar-refractivity contribution is 0.364. The second-order valence-electron chi connectivity index (χ2n) is 5.83. The molecule has 86 valence electrons. The van der Waals surface area contributed by atoms with Gasteiger partial charge < -0.3 is 4.42 Å². The van der Waals surface area contributed by atoms with Crippen LogP contribution in [0, 0.1) is 0 Å². The minimum atomic E-state index is -0.00319. The van der Waals surface area contributed by atoms with Crippen molar-refractivity contribution in [3.63, 3.8) is 0 Å². The van der Waals surface area contributed by atoms with Crippen molar-refractivity contribution in [3.8, 4) is 0 Å². The summed E-state index contributed by atoms with van der Waals surface area (Å²) in [7, 11) is 0. The van der Waals surface area contributed by atoms with Crippen molar-refractivity contribution in [2.45, 2.75) is 65.7 Å². The van der Waals surface area contributed by atoms with Crippen LogP contribution in [-0.2, 0) is 5.41 Å². The molecule has 0 spiro atoms. The Labute approximate surface area is 93.1 Å². The Hall–Kier alpha value is -0.790. The van der Waals surface area contributed by atoms with Gasteiger partial charge >= 0.3 is 0 Å². The summed E-state index contributed by atoms with van der Waals surface area (Å²) in [6, 6.07) is 0. The molecule has 1 aromatic rings. The highest BCUT2D eigenvalue weighted by atomic mass is 16.4. The number of aromatic nitrogens is 1. The number of oxazole rings is 1. The lowest BCUT2D eigenvalue weighted by Gasteiger charge is -2.12. The Morgan fingerprint density at radius 1 is 1.00 bits per heavy atom. The van der Waals surface area contributed by atoms with Gasteiger partial charge in [-0.1, -0.05) is 48.5 Å². The van der Waals surface area contributed by atoms with Gasteiger partial charge in [-0.05, 0) is 5.92 Å². The maximum atomic E-state index is 5.89. The number of rotatable bonds is 2. The van der Waals surface area contributed by atoms with Gasteiger partial charge in [0.1, 0.15) is 5.76 Å². The SMILES string of the molecule is CC(C)c1nc(C(C)(C)C)oc1C(C)C. The molecule has 0 unspecified atom stereocenters. The van der Waals surface area contributed by atoms with E-state index in [2.05, 4.69) is 53.5 Å². The second-order valence-corrected chi connectivity index (χ2v) is 5.83. The summed E-state index contributed by atoms with van der Waals surface area (Å²) in [5.41, 5.74) is 1.12. The molecule has 0 aliphatic carbocycles. The third-order valence-corrected chi connectivity index (χ3v) is 2.39. The standard InChI is InChI=1S/C13H23NO/c1-8(2)10-11(9(3)4)15-12(14-10)13(5,6)7/h8-9H,1-7H3. The molecule has 0 saturated heterocycles. The van der Waals surface area contributed by atoms with Gasteiger partial charge in [0, 0.05) is 11.3 Å². The van der Waals surface area contributed by atoms with Crippen LogP contribution in [0.2, 0.25) is 0 Å². The van der Waals surface area contributed by atoms with Crippen LogP contribution in [0.25, 0.3) is 0 Å². The van der Waals surface area contributed by atoms with Gasteiger partial charge in [-0.2, -0.15) is 0 Å². The molecule has 0 aromatic carbocycles. The number of hydrogen-bond donors (Lipinski definition) is 0. The monoisotopic (exact) mass is 209 g/mol. The van der Waals surface area contributed by atoms with E-state index in [-0.39, 0.29) is 5.41 Å². The largest absolute Gasteiger partial charge is 0.445 e. The highest BCUT2D eigenvalue weighted by molar-refractivity contribution is 5.19. The predicted octanol–water partition coefficient (Wildman–Crippen LogP) is 4.22. The van der Waals surface area contributed by atoms with Crippen molar-refractivity contribution in [3.05, 3.63) is 17.3 Å². The fourth-order valence-corrected chi connectivity index (χ4v) is 1.49. The van der Waals surface area contributed by atoms with Crippen molar-refractivity contribution in [1.82, 2.24) is 4.98 Å². The molecule has 0 atom stereocenters. The van der Waals surface area contributed by atoms with Gasteiger partial charge in [0.05, 0.1) is 5.69 Å². The van der Waals surface area contributed by atoms with Gasteiger partial charge in [-0.3, -0.25) is 0 Å². The Kier molecular flexibility index (Phi) is 3.27. The zero-order valence-corrected chi connectivity index (χ0v) is 11.0. The average Bonchev–Trinajstić information content (AvgIpc) is 2.45. The van der Waals surface area contributed by atoms with E-state index in [1.54, 1.807) is 0 Å². The quantitative estimate of drug-likeness (QED) is 0.729. The lowest BCUT2D eigenvalue weighted by Crippen LogP contribution is -2.11. The third kappa shape index (κ3) is 2.61. The first-order valence-electron chi connectivity index (χ1n) is 5.74. The zero-order valence-electron chi connectivity index (χ0n) is 11.0. The predicted molar refractivity (Wildman–Crippen MR) is 63.4 cm³/mol. The van der Waals surface area contributed by atoms with Gasteiger partial charge in [-0.15, -0.1) is 0 Å². The molecule has 0 saturated carbocycles. The molecule has 1 aromatic heterocycles. The highest BCUT2D eigenvalue weighted by Crippen LogP contribution is 2.31. The van der Waals surface area contributed by atoms with E-state index in [0.717, 1.165) is 17.3 Å². The molecular formula is C13H23NO. The second kappa shape index (κ2) is 3.99. The molecular weight excluding hydrogens is 186 g/mol. The molecule has 1 rings (SSSR count). The smallest absolute Gasteiger partial charge is 0.200 e. The molecule has 0 radical (unpaired) electrons. The van der Waals surface area contributed by atoms with E-state index in [4.69, 9.17) is 4.42 Å². The molecule has 2 nitrogen and oxygen atoms in total. The van der Waals surface area contributed by atoms with Crippen molar-refractivity contribution >= 4 is 0 Å². The summed E-state index contributed by atoms with van der Waals surface area (Å²) in [6.45, 7) is 15.0. The van der Waals surface area contributed by atoms with Gasteiger partial charge in [0.2, 0.25) is 0 Å². The first-order chi connectivity index (χ1) is 6.73. The zero-order chi connectivity index (χ0) is 11.8. The summed E-state index contributed by atoms with van der Waals surface area (Å²) in [5.74, 6) is 2.75. The van der Waals surface area contributed by atoms with E-state index < -0.39 is 0 Å². The van der Waals surface area contributed by atoms with Crippen molar-refractivity contribution in [1.29, 1.82) is 0 Å². The highest BCUT2D eigenvalue weighted by Gasteiger charge is 2.25. The maximum Gasteiger partial charge on any atom is 0.200 e. The molecule has 0 aliphatic heterocycles. The minimum Gasteiger partial charge on any atom is -0.445 e. The van der Waals surface area contributed by atoms with Gasteiger partial charge in [0.25, 0.3) is 0 Å². The van der Waals surface area contributed by atoms with E-state index in [1.165, 1.54) is 0 Å². The summed E-state index contributed by atoms with van der Waals surface area (Å²) in [5, 5.41) is 0. The van der Waals surface area contributed by atoms with Crippen molar-refractivity contribution < 1.29 is 4.42 Å². The topological polar surface area (TPSA) is 26.0 Å². The molecule has 15 heavy (non-hydrogen) atoms. The van der Waals surface area contributed by atoms with E-state index in [9.17, 15) is 0 Å². The molecule has 0 N–H and O–H groups in total. The van der Waals surface area contributed by atoms with E-state index >= 15 is 0 Å². The third-order valence-electron chi connectivity index (χ3n) is 2.39. The molecule has 0 bridgehead atoms. The molecule has 0 fully saturated rings. The van der Waals surface area contributed by atoms with E-state index in [1.807, 2.05) is 0 Å². The van der Waals surface area contributed by atoms with Gasteiger partial charge in [-0.25, -0.2) is 4.98 Å². The van der Waals surface area contributed by atoms with Crippen LogP contribution in [0.4, 0.5) is 0 Å². The van der Waals surface area contributed by atoms with E-state index in [0.29, 0.717) is 11.8 Å². The summed E-state index contributed by atoms with van der Waals surface area (Å²) in [6.07, 6.45) is 0. The summed E-state index contributed by atoms with van der Waals surface area (Å²) in [4.78, 5) is 4.64. The van der Waals surface area contributed by atoms with Crippen LogP contribution < -0.4 is 0 Å². The van der Waals surface area contributed by atoms with Crippen LogP contribution >= 0.6 is 0 Å². The Morgan fingerprint density at radius 3 is 1.80 bits per heavy atom. The molecule has 0 aliphatic rings. The number of hydrogen-bond acceptors (Lipinski definition) is 2. The first kappa shape index (κ1) is 12.3. The van der Waals surface area contributed by atoms with Gasteiger partial charge in [0.15, 0.2) is 5.89 Å². The Balaban J connectivity index is 3.21. The summed E-state index contributed by atoms with van der Waals surface area (Å²) >= 11 is 0. The van der Waals surface area contributed by atoms with Crippen molar-refractivity contribution in [2.24, 2.45) is 0 Å². The fourth-order valence-electron chi connectivity index (χ4n) is 1.49. The molecule has 1 heterocycles. The normalized spacial score (nSPS) is 12.9. The van der Waals surface area contributed by atoms with Crippen LogP contribution in [0.3, 0.4) is 0 Å². The van der Waals surface area contributed by atoms with Crippen molar-refractivity contribution in [2.75, 3.05) is 0 Å². The van der Waals surface area contributed by atoms with Crippen LogP contribution in [0.15, 0.2) is 4.42 Å². The van der Waals surface area contributed by atoms with Crippen LogP contribution in [0.5, 0.6) is 0 Å².